The third-order valence-corrected chi connectivity index (χ3v) is 14.0. The van der Waals surface area contributed by atoms with Crippen molar-refractivity contribution < 1.29 is 42.2 Å². The van der Waals surface area contributed by atoms with Gasteiger partial charge >= 0.3 is 10.8 Å². The number of primary sulfonamides is 1. The minimum atomic E-state index is -3.87. The first-order valence-corrected chi connectivity index (χ1v) is 19.8. The van der Waals surface area contributed by atoms with Crippen molar-refractivity contribution in [2.24, 2.45) is 34.7 Å². The van der Waals surface area contributed by atoms with Crippen LogP contribution in [0.1, 0.15) is 48.5 Å². The molecule has 14 nitrogen and oxygen atoms in total. The van der Waals surface area contributed by atoms with Crippen molar-refractivity contribution in [3.63, 3.8) is 0 Å². The first kappa shape index (κ1) is 35.2. The molecule has 51 heavy (non-hydrogen) atoms. The van der Waals surface area contributed by atoms with Crippen molar-refractivity contribution >= 4 is 62.5 Å². The van der Waals surface area contributed by atoms with E-state index in [9.17, 15) is 32.4 Å². The van der Waals surface area contributed by atoms with E-state index in [0.29, 0.717) is 36.4 Å². The molecule has 7 atom stereocenters. The first-order valence-electron chi connectivity index (χ1n) is 16.6. The summed E-state index contributed by atoms with van der Waals surface area (Å²) in [6.45, 7) is -0.0716. The summed E-state index contributed by atoms with van der Waals surface area (Å²) in [4.78, 5) is 68.7. The highest BCUT2D eigenvalue weighted by atomic mass is 32.2. The van der Waals surface area contributed by atoms with Gasteiger partial charge in [0.15, 0.2) is 18.1 Å². The second-order valence-electron chi connectivity index (χ2n) is 13.3. The summed E-state index contributed by atoms with van der Waals surface area (Å²) < 4.78 is 34.5. The predicted molar refractivity (Wildman–Crippen MR) is 186 cm³/mol. The quantitative estimate of drug-likeness (QED) is 0.147. The third-order valence-electron chi connectivity index (χ3n) is 10.5. The number of methoxy groups -OCH3 is 1. The number of unbranched alkanes of at least 4 members (excludes halogenated alkanes) is 2. The highest BCUT2D eigenvalue weighted by Crippen LogP contribution is 2.68. The number of nitrogens with zero attached hydrogens (tertiary/aromatic N) is 1. The number of nitrogens with one attached hydrogen (secondary N) is 2. The van der Waals surface area contributed by atoms with E-state index in [0.717, 1.165) is 33.2 Å². The van der Waals surface area contributed by atoms with Crippen LogP contribution in [0.15, 0.2) is 57.2 Å². The van der Waals surface area contributed by atoms with Crippen LogP contribution in [-0.2, 0) is 29.2 Å². The van der Waals surface area contributed by atoms with E-state index in [1.54, 1.807) is 17.8 Å². The number of thiazole rings is 1. The van der Waals surface area contributed by atoms with Gasteiger partial charge in [0.05, 0.1) is 28.9 Å². The van der Waals surface area contributed by atoms with Gasteiger partial charge in [0.2, 0.25) is 21.8 Å². The summed E-state index contributed by atoms with van der Waals surface area (Å²) in [5.74, 6) is -2.12. The van der Waals surface area contributed by atoms with Gasteiger partial charge in [-0.2, -0.15) is 0 Å². The first-order chi connectivity index (χ1) is 24.3. The average molecular weight is 757 g/mol. The topological polar surface area (TPSA) is 215 Å². The molecule has 1 aromatic heterocycles. The maximum absolute atomic E-state index is 13.8. The zero-order chi connectivity index (χ0) is 36.2. The van der Waals surface area contributed by atoms with Crippen molar-refractivity contribution in [1.29, 1.82) is 0 Å². The van der Waals surface area contributed by atoms with Crippen LogP contribution in [0.2, 0.25) is 0 Å². The predicted octanol–water partition coefficient (Wildman–Crippen LogP) is 3.23. The van der Waals surface area contributed by atoms with Crippen molar-refractivity contribution in [2.45, 2.75) is 53.2 Å². The van der Waals surface area contributed by atoms with E-state index >= 15 is 0 Å². The maximum Gasteiger partial charge on any atom is 0.305 e. The molecular formula is C34H36N4O10S3. The second-order valence-corrected chi connectivity index (χ2v) is 17.1. The molecule has 17 heteroatoms. The lowest BCUT2D eigenvalue weighted by molar-refractivity contribution is -0.141. The Morgan fingerprint density at radius 3 is 2.43 bits per heavy atom. The number of sulfonamides is 1. The Morgan fingerprint density at radius 1 is 1.02 bits per heavy atom. The van der Waals surface area contributed by atoms with Crippen molar-refractivity contribution in [3.8, 4) is 11.5 Å². The number of likely N-dealkylation sites (tertiary alicyclic amines) is 1. The van der Waals surface area contributed by atoms with Gasteiger partial charge in [0.25, 0.3) is 5.91 Å². The fraction of sp³-hybridized carbons (Fsp3) is 0.441. The molecule has 2 bridgehead atoms. The number of benzene rings is 2. The minimum Gasteiger partial charge on any atom is -0.493 e. The van der Waals surface area contributed by atoms with E-state index in [4.69, 9.17) is 19.7 Å². The molecule has 0 spiro atoms. The Balaban J connectivity index is 1.09. The van der Waals surface area contributed by atoms with Gasteiger partial charge in [-0.1, -0.05) is 23.8 Å². The standard InChI is InChI=1S/C34H36N4O10S3/c1-47-22-13-16(6-11-21(22)48-15-23(39)36-17-7-9-18(10-8-17)51(35,45)46)25-26-19-14-20(29(26)49-31-30(25)50-34(44)37-31)28-27(19)32(42)38(33(28)43)12-4-2-3-5-24(40)41/h6-11,13,19-20,25-29H,2-5,12,14-15H2,1H3,(H,36,39)(H,37,44)(H,40,41)(H2,35,45,46)/t19?,20?,25-,26?,27?,28?,29?/m1/s1. The zero-order valence-corrected chi connectivity index (χ0v) is 29.9. The lowest BCUT2D eigenvalue weighted by atomic mass is 9.68. The fourth-order valence-corrected chi connectivity index (χ4v) is 11.9. The summed E-state index contributed by atoms with van der Waals surface area (Å²) in [5.41, 5.74) is 1.22. The molecule has 3 heterocycles. The number of hydrogen-bond acceptors (Lipinski definition) is 11. The SMILES string of the molecule is COc1cc([C@H]2c3sc(=O)[nH]c3SC3C4CC(C5C(=O)N(CCCCCC(=O)O)C(=O)C45)C32)ccc1OCC(=O)Nc1ccc(S(N)(=O)=O)cc1. The Bertz CT molecular complexity index is 2060. The normalized spacial score (nSPS) is 26.1. The number of H-pyrrole nitrogens is 1. The molecule has 0 radical (unpaired) electrons. The molecule has 4 aliphatic rings. The van der Waals surface area contributed by atoms with Crippen molar-refractivity contribution in [2.75, 3.05) is 25.6 Å². The monoisotopic (exact) mass is 756 g/mol. The molecule has 1 saturated heterocycles. The number of aromatic amines is 1. The number of carboxylic acids is 1. The summed E-state index contributed by atoms with van der Waals surface area (Å²) in [6, 6.07) is 10.8. The van der Waals surface area contributed by atoms with Crippen LogP contribution in [0.5, 0.6) is 11.5 Å². The summed E-state index contributed by atoms with van der Waals surface area (Å²) in [5, 5.41) is 17.5. The van der Waals surface area contributed by atoms with E-state index in [1.807, 2.05) is 12.1 Å². The number of carbonyl (C=O) groups excluding carboxylic acids is 3. The highest BCUT2D eigenvalue weighted by Gasteiger charge is 2.69. The average Bonchev–Trinajstić information content (AvgIpc) is 3.82. The molecule has 5 N–H and O–H groups in total. The molecule has 2 saturated carbocycles. The fourth-order valence-electron chi connectivity index (χ4n) is 8.46. The highest BCUT2D eigenvalue weighted by molar-refractivity contribution is 8.00. The number of nitrogens with two attached hydrogens (primary N) is 1. The smallest absolute Gasteiger partial charge is 0.305 e. The summed E-state index contributed by atoms with van der Waals surface area (Å²) in [7, 11) is -2.38. The van der Waals surface area contributed by atoms with Crippen LogP contribution in [0.3, 0.4) is 0 Å². The number of thioether (sulfide) groups is 1. The number of imide groups is 1. The number of aromatic nitrogens is 1. The second kappa shape index (κ2) is 13.7. The van der Waals surface area contributed by atoms with Crippen LogP contribution in [0, 0.1) is 29.6 Å². The number of carbonyl (C=O) groups is 4. The lowest BCUT2D eigenvalue weighted by Crippen LogP contribution is -2.42. The number of aliphatic carboxylic acids is 1. The Hall–Kier alpha value is -4.19. The van der Waals surface area contributed by atoms with E-state index in [-0.39, 0.29) is 70.1 Å². The third kappa shape index (κ3) is 6.56. The van der Waals surface area contributed by atoms with Gasteiger partial charge in [-0.25, -0.2) is 13.6 Å². The van der Waals surface area contributed by atoms with Crippen LogP contribution in [-0.4, -0.2) is 72.6 Å². The summed E-state index contributed by atoms with van der Waals surface area (Å²) in [6.07, 6.45) is 2.47. The molecule has 270 valence electrons. The Kier molecular flexibility index (Phi) is 9.49. The molecule has 3 aromatic rings. The van der Waals surface area contributed by atoms with Crippen LogP contribution in [0.25, 0.3) is 0 Å². The number of amides is 3. The van der Waals surface area contributed by atoms with Gasteiger partial charge in [-0.15, -0.1) is 11.8 Å². The number of hydrogen-bond donors (Lipinski definition) is 4. The molecule has 6 unspecified atom stereocenters. The molecule has 3 fully saturated rings. The van der Waals surface area contributed by atoms with Gasteiger partial charge < -0.3 is 24.9 Å². The molecule has 2 aliphatic heterocycles. The van der Waals surface area contributed by atoms with Gasteiger partial charge in [0.1, 0.15) is 0 Å². The van der Waals surface area contributed by atoms with Gasteiger partial charge in [-0.05, 0) is 79.0 Å². The van der Waals surface area contributed by atoms with Crippen molar-refractivity contribution in [3.05, 3.63) is 62.6 Å². The number of ether oxygens (including phenoxy) is 2. The number of fused-ring (bicyclic) bond motifs is 9. The Labute approximate surface area is 301 Å². The number of rotatable bonds is 13. The van der Waals surface area contributed by atoms with Crippen LogP contribution in [0.4, 0.5) is 5.69 Å². The number of carboxylic acid groups (broad SMARTS) is 1. The molecule has 3 amide bonds. The van der Waals surface area contributed by atoms with E-state index < -0.39 is 33.7 Å². The summed E-state index contributed by atoms with van der Waals surface area (Å²) >= 11 is 2.75. The van der Waals surface area contributed by atoms with Crippen molar-refractivity contribution in [1.82, 2.24) is 9.88 Å². The molecule has 2 aromatic carbocycles. The molecule has 2 aliphatic carbocycles. The van der Waals surface area contributed by atoms with Crippen LogP contribution >= 0.6 is 23.1 Å². The van der Waals surface area contributed by atoms with E-state index in [2.05, 4.69) is 10.3 Å². The van der Waals surface area contributed by atoms with Gasteiger partial charge in [-0.3, -0.25) is 28.9 Å². The lowest BCUT2D eigenvalue weighted by Gasteiger charge is -2.43. The van der Waals surface area contributed by atoms with Gasteiger partial charge in [0, 0.05) is 34.7 Å². The Morgan fingerprint density at radius 2 is 1.75 bits per heavy atom. The molecular weight excluding hydrogens is 721 g/mol. The zero-order valence-electron chi connectivity index (χ0n) is 27.4. The molecule has 7 rings (SSSR count). The number of anilines is 1. The largest absolute Gasteiger partial charge is 0.493 e. The van der Waals surface area contributed by atoms with Crippen LogP contribution < -0.4 is 24.8 Å². The maximum atomic E-state index is 13.8. The minimum absolute atomic E-state index is 0.0101. The van der Waals surface area contributed by atoms with E-state index in [1.165, 1.54) is 36.3 Å².